The molecule has 2 heterocycles. The van der Waals surface area contributed by atoms with Crippen LogP contribution in [0.2, 0.25) is 0 Å². The molecule has 0 fully saturated rings. The fourth-order valence-electron chi connectivity index (χ4n) is 5.35. The number of nitrogens with one attached hydrogen (secondary N) is 1. The number of hydrogen-bond acceptors (Lipinski definition) is 7. The Morgan fingerprint density at radius 1 is 0.930 bits per heavy atom. The highest BCUT2D eigenvalue weighted by molar-refractivity contribution is 7.17. The third-order valence-electron chi connectivity index (χ3n) is 7.45. The molecule has 4 rings (SSSR count). The fourth-order valence-corrected chi connectivity index (χ4v) is 6.41. The van der Waals surface area contributed by atoms with E-state index in [0.29, 0.717) is 53.8 Å². The molecule has 9 nitrogen and oxygen atoms in total. The summed E-state index contributed by atoms with van der Waals surface area (Å²) < 4.78 is 18.5. The molecule has 0 spiro atoms. The molecule has 228 valence electrons. The van der Waals surface area contributed by atoms with Crippen molar-refractivity contribution in [2.75, 3.05) is 38.7 Å². The highest BCUT2D eigenvalue weighted by Gasteiger charge is 2.27. The van der Waals surface area contributed by atoms with Gasteiger partial charge in [-0.1, -0.05) is 12.1 Å². The van der Waals surface area contributed by atoms with Crippen molar-refractivity contribution in [1.82, 2.24) is 9.47 Å². The van der Waals surface area contributed by atoms with Crippen molar-refractivity contribution in [3.8, 4) is 22.6 Å². The van der Waals surface area contributed by atoms with Gasteiger partial charge in [-0.2, -0.15) is 0 Å². The summed E-state index contributed by atoms with van der Waals surface area (Å²) in [4.78, 5) is 41.8. The Bertz CT molecular complexity index is 1630. The Kier molecular flexibility index (Phi) is 10.1. The Hall–Kier alpha value is -4.31. The van der Waals surface area contributed by atoms with Crippen LogP contribution in [0.25, 0.3) is 22.0 Å². The molecule has 2 aromatic carbocycles. The molecule has 0 aliphatic carbocycles. The summed E-state index contributed by atoms with van der Waals surface area (Å²) in [6, 6.07) is 13.0. The zero-order valence-corrected chi connectivity index (χ0v) is 26.6. The van der Waals surface area contributed by atoms with E-state index in [1.807, 2.05) is 76.4 Å². The zero-order chi connectivity index (χ0) is 31.3. The number of ether oxygens (including phenoxy) is 3. The molecule has 0 bridgehead atoms. The quantitative estimate of drug-likeness (QED) is 0.181. The average molecular weight is 606 g/mol. The summed E-state index contributed by atoms with van der Waals surface area (Å²) in [6.07, 6.45) is 0. The van der Waals surface area contributed by atoms with Crippen LogP contribution >= 0.6 is 11.3 Å². The van der Waals surface area contributed by atoms with Crippen molar-refractivity contribution in [2.24, 2.45) is 0 Å². The number of amides is 2. The molecule has 0 aliphatic heterocycles. The molecule has 0 radical (unpaired) electrons. The zero-order valence-electron chi connectivity index (χ0n) is 25.8. The smallest absolute Gasteiger partial charge is 0.341 e. The largest absolute Gasteiger partial charge is 0.494 e. The molecular formula is C33H39N3O6S. The first-order valence-electron chi connectivity index (χ1n) is 14.5. The number of rotatable bonds is 12. The number of likely N-dealkylation sites (N-methyl/N-ethyl adjacent to an activating group) is 1. The first-order chi connectivity index (χ1) is 20.7. The maximum Gasteiger partial charge on any atom is 0.341 e. The summed E-state index contributed by atoms with van der Waals surface area (Å²) in [5.74, 6) is 0.350. The van der Waals surface area contributed by atoms with Crippen molar-refractivity contribution in [1.29, 1.82) is 0 Å². The minimum Gasteiger partial charge on any atom is -0.494 e. The van der Waals surface area contributed by atoms with Gasteiger partial charge in [-0.05, 0) is 83.0 Å². The van der Waals surface area contributed by atoms with E-state index in [1.54, 1.807) is 17.0 Å². The second-order valence-electron chi connectivity index (χ2n) is 9.89. The van der Waals surface area contributed by atoms with Gasteiger partial charge in [0.1, 0.15) is 27.8 Å². The minimum absolute atomic E-state index is 0.0526. The molecule has 0 atom stereocenters. The Morgan fingerprint density at radius 3 is 2.21 bits per heavy atom. The minimum atomic E-state index is -0.547. The van der Waals surface area contributed by atoms with Gasteiger partial charge in [0, 0.05) is 41.0 Å². The molecule has 10 heteroatoms. The third-order valence-corrected chi connectivity index (χ3v) is 8.47. The van der Waals surface area contributed by atoms with E-state index in [-0.39, 0.29) is 18.4 Å². The number of esters is 1. The van der Waals surface area contributed by atoms with Gasteiger partial charge in [-0.3, -0.25) is 9.59 Å². The number of carbonyl (C=O) groups excluding carboxylic acids is 3. The lowest BCUT2D eigenvalue weighted by molar-refractivity contribution is -0.132. The van der Waals surface area contributed by atoms with E-state index in [9.17, 15) is 14.4 Å². The molecule has 1 N–H and O–H groups in total. The van der Waals surface area contributed by atoms with Gasteiger partial charge in [0.2, 0.25) is 0 Å². The summed E-state index contributed by atoms with van der Waals surface area (Å²) in [6.45, 7) is 13.9. The van der Waals surface area contributed by atoms with Gasteiger partial charge in [0.05, 0.1) is 13.7 Å². The molecule has 4 aromatic rings. The summed E-state index contributed by atoms with van der Waals surface area (Å²) >= 11 is 1.32. The van der Waals surface area contributed by atoms with Crippen molar-refractivity contribution in [3.05, 3.63) is 64.2 Å². The number of nitrogens with zero attached hydrogens (tertiary/aromatic N) is 2. The van der Waals surface area contributed by atoms with Crippen LogP contribution in [0.4, 0.5) is 5.00 Å². The molecule has 0 aliphatic rings. The second-order valence-corrected chi connectivity index (χ2v) is 11.1. The first kappa shape index (κ1) is 31.6. The van der Waals surface area contributed by atoms with Crippen molar-refractivity contribution in [2.45, 2.75) is 48.1 Å². The Labute approximate surface area is 256 Å². The molecule has 0 saturated heterocycles. The lowest BCUT2D eigenvalue weighted by Gasteiger charge is -2.18. The van der Waals surface area contributed by atoms with Crippen LogP contribution in [-0.2, 0) is 16.1 Å². The number of carbonyl (C=O) groups is 3. The number of aromatic nitrogens is 1. The second kappa shape index (κ2) is 13.8. The number of methoxy groups -OCH3 is 1. The average Bonchev–Trinajstić information content (AvgIpc) is 3.48. The number of anilines is 1. The van der Waals surface area contributed by atoms with E-state index in [4.69, 9.17) is 14.2 Å². The SMILES string of the molecule is CCOc1ccc2c(c1)c(C)c(C(=O)Nc1sc(C)c(-c3ccc(OCC(=O)N(CC)CC)cc3)c1C(=O)OC)n2CC. The molecule has 43 heavy (non-hydrogen) atoms. The van der Waals surface area contributed by atoms with Gasteiger partial charge >= 0.3 is 5.97 Å². The summed E-state index contributed by atoms with van der Waals surface area (Å²) in [5, 5.41) is 4.37. The third kappa shape index (κ3) is 6.39. The maximum absolute atomic E-state index is 13.8. The van der Waals surface area contributed by atoms with Crippen LogP contribution in [0.5, 0.6) is 11.5 Å². The van der Waals surface area contributed by atoms with Crippen LogP contribution in [0, 0.1) is 13.8 Å². The highest BCUT2D eigenvalue weighted by Crippen LogP contribution is 2.41. The summed E-state index contributed by atoms with van der Waals surface area (Å²) in [7, 11) is 1.32. The fraction of sp³-hybridized carbons (Fsp3) is 0.364. The maximum atomic E-state index is 13.8. The topological polar surface area (TPSA) is 99.1 Å². The number of benzene rings is 2. The van der Waals surface area contributed by atoms with E-state index in [2.05, 4.69) is 5.32 Å². The highest BCUT2D eigenvalue weighted by atomic mass is 32.1. The number of fused-ring (bicyclic) bond motifs is 1. The lowest BCUT2D eigenvalue weighted by Crippen LogP contribution is -2.34. The van der Waals surface area contributed by atoms with Crippen LogP contribution in [0.1, 0.15) is 59.0 Å². The predicted molar refractivity (Wildman–Crippen MR) is 171 cm³/mol. The van der Waals surface area contributed by atoms with Gasteiger partial charge in [0.15, 0.2) is 6.61 Å². The Morgan fingerprint density at radius 2 is 1.60 bits per heavy atom. The summed E-state index contributed by atoms with van der Waals surface area (Å²) in [5.41, 5.74) is 4.02. The van der Waals surface area contributed by atoms with Crippen LogP contribution in [-0.4, -0.2) is 60.7 Å². The standard InChI is InChI=1S/C33H39N3O6S/c1-8-35(9-2)27(37)19-42-23-14-12-22(13-15-23)28-21(6)43-32(29(28)33(39)40-7)34-31(38)30-20(5)25-18-24(41-11-4)16-17-26(25)36(30)10-3/h12-18H,8-11,19H2,1-7H3,(H,34,38). The van der Waals surface area contributed by atoms with Gasteiger partial charge < -0.3 is 29.0 Å². The number of hydrogen-bond donors (Lipinski definition) is 1. The molecule has 2 amide bonds. The predicted octanol–water partition coefficient (Wildman–Crippen LogP) is 6.69. The molecule has 0 saturated carbocycles. The van der Waals surface area contributed by atoms with Crippen molar-refractivity contribution < 1.29 is 28.6 Å². The molecule has 2 aromatic heterocycles. The van der Waals surface area contributed by atoms with Crippen LogP contribution < -0.4 is 14.8 Å². The van der Waals surface area contributed by atoms with Crippen LogP contribution in [0.3, 0.4) is 0 Å². The van der Waals surface area contributed by atoms with E-state index in [0.717, 1.165) is 32.7 Å². The van der Waals surface area contributed by atoms with Gasteiger partial charge in [-0.25, -0.2) is 4.79 Å². The number of aryl methyl sites for hydroxylation is 3. The lowest BCUT2D eigenvalue weighted by atomic mass is 10.0. The normalized spacial score (nSPS) is 11.0. The molecular weight excluding hydrogens is 566 g/mol. The Balaban J connectivity index is 1.66. The van der Waals surface area contributed by atoms with Crippen molar-refractivity contribution in [3.63, 3.8) is 0 Å². The van der Waals surface area contributed by atoms with E-state index in [1.165, 1.54) is 18.4 Å². The van der Waals surface area contributed by atoms with E-state index < -0.39 is 5.97 Å². The monoisotopic (exact) mass is 605 g/mol. The van der Waals surface area contributed by atoms with Gasteiger partial charge in [0.25, 0.3) is 11.8 Å². The number of thiophene rings is 1. The van der Waals surface area contributed by atoms with Gasteiger partial charge in [-0.15, -0.1) is 11.3 Å². The molecule has 0 unspecified atom stereocenters. The first-order valence-corrected chi connectivity index (χ1v) is 15.3. The van der Waals surface area contributed by atoms with Crippen molar-refractivity contribution >= 4 is 45.0 Å². The van der Waals surface area contributed by atoms with E-state index >= 15 is 0 Å². The van der Waals surface area contributed by atoms with Crippen LogP contribution in [0.15, 0.2) is 42.5 Å².